The van der Waals surface area contributed by atoms with E-state index in [1.54, 1.807) is 6.20 Å². The van der Waals surface area contributed by atoms with E-state index in [0.717, 1.165) is 31.0 Å². The van der Waals surface area contributed by atoms with Crippen LogP contribution < -0.4 is 4.90 Å². The van der Waals surface area contributed by atoms with Crippen molar-refractivity contribution in [3.63, 3.8) is 0 Å². The first kappa shape index (κ1) is 16.5. The van der Waals surface area contributed by atoms with Crippen LogP contribution in [0.1, 0.15) is 24.1 Å². The lowest BCUT2D eigenvalue weighted by molar-refractivity contribution is -0.142. The predicted molar refractivity (Wildman–Crippen MR) is 93.7 cm³/mol. The summed E-state index contributed by atoms with van der Waals surface area (Å²) in [6.45, 7) is 4.49. The second kappa shape index (κ2) is 7.45. The Hall–Kier alpha value is -2.40. The van der Waals surface area contributed by atoms with Crippen molar-refractivity contribution in [1.29, 1.82) is 0 Å². The SMILES string of the molecule is CC(=O)OCc1cccnc1N1CCN(C)CC1c1ccccc1. The Morgan fingerprint density at radius 1 is 1.21 bits per heavy atom. The summed E-state index contributed by atoms with van der Waals surface area (Å²) in [5, 5.41) is 0. The van der Waals surface area contributed by atoms with Gasteiger partial charge < -0.3 is 14.5 Å². The standard InChI is InChI=1S/C19H23N3O2/c1-15(23)24-14-17-9-6-10-20-19(17)22-12-11-21(2)13-18(22)16-7-4-3-5-8-16/h3-10,18H,11-14H2,1-2H3. The molecule has 2 heterocycles. The van der Waals surface area contributed by atoms with E-state index >= 15 is 0 Å². The van der Waals surface area contributed by atoms with Gasteiger partial charge in [-0.2, -0.15) is 0 Å². The lowest BCUT2D eigenvalue weighted by Crippen LogP contribution is -2.47. The summed E-state index contributed by atoms with van der Waals surface area (Å²) >= 11 is 0. The molecule has 5 nitrogen and oxygen atoms in total. The lowest BCUT2D eigenvalue weighted by atomic mass is 10.0. The fourth-order valence-corrected chi connectivity index (χ4v) is 3.11. The molecule has 126 valence electrons. The molecule has 0 spiro atoms. The van der Waals surface area contributed by atoms with E-state index in [1.807, 2.05) is 18.2 Å². The Morgan fingerprint density at radius 2 is 2.00 bits per heavy atom. The predicted octanol–water partition coefficient (Wildman–Crippen LogP) is 2.64. The van der Waals surface area contributed by atoms with Gasteiger partial charge in [0.2, 0.25) is 0 Å². The van der Waals surface area contributed by atoms with Crippen LogP contribution in [0, 0.1) is 0 Å². The van der Waals surface area contributed by atoms with Crippen LogP contribution in [0.25, 0.3) is 0 Å². The monoisotopic (exact) mass is 325 g/mol. The first-order valence-corrected chi connectivity index (χ1v) is 8.22. The fraction of sp³-hybridized carbons (Fsp3) is 0.368. The quantitative estimate of drug-likeness (QED) is 0.809. The van der Waals surface area contributed by atoms with Gasteiger partial charge in [-0.05, 0) is 18.7 Å². The van der Waals surface area contributed by atoms with Gasteiger partial charge in [-0.15, -0.1) is 0 Å². The normalized spacial score (nSPS) is 18.4. The third kappa shape index (κ3) is 3.74. The molecule has 0 radical (unpaired) electrons. The molecule has 1 aromatic carbocycles. The molecule has 1 fully saturated rings. The number of rotatable bonds is 4. The first-order chi connectivity index (χ1) is 11.6. The largest absolute Gasteiger partial charge is 0.461 e. The van der Waals surface area contributed by atoms with Gasteiger partial charge in [-0.1, -0.05) is 36.4 Å². The molecule has 24 heavy (non-hydrogen) atoms. The van der Waals surface area contributed by atoms with Crippen LogP contribution in [-0.2, 0) is 16.1 Å². The molecule has 1 unspecified atom stereocenters. The molecule has 0 aliphatic carbocycles. The molecule has 1 saturated heterocycles. The number of benzene rings is 1. The average Bonchev–Trinajstić information content (AvgIpc) is 2.61. The third-order valence-electron chi connectivity index (χ3n) is 4.34. The number of esters is 1. The zero-order valence-electron chi connectivity index (χ0n) is 14.2. The second-order valence-electron chi connectivity index (χ2n) is 6.15. The summed E-state index contributed by atoms with van der Waals surface area (Å²) in [7, 11) is 2.14. The molecule has 0 N–H and O–H groups in total. The maximum absolute atomic E-state index is 11.2. The number of hydrogen-bond donors (Lipinski definition) is 0. The summed E-state index contributed by atoms with van der Waals surface area (Å²) in [6, 6.07) is 14.6. The minimum absolute atomic E-state index is 0.232. The molecule has 2 aromatic rings. The topological polar surface area (TPSA) is 45.7 Å². The smallest absolute Gasteiger partial charge is 0.302 e. The molecular formula is C19H23N3O2. The average molecular weight is 325 g/mol. The first-order valence-electron chi connectivity index (χ1n) is 8.22. The fourth-order valence-electron chi connectivity index (χ4n) is 3.11. The number of aromatic nitrogens is 1. The van der Waals surface area contributed by atoms with Gasteiger partial charge in [0, 0.05) is 38.3 Å². The van der Waals surface area contributed by atoms with Gasteiger partial charge in [0.25, 0.3) is 0 Å². The van der Waals surface area contributed by atoms with Gasteiger partial charge in [0.1, 0.15) is 12.4 Å². The number of carbonyl (C=O) groups is 1. The zero-order valence-corrected chi connectivity index (χ0v) is 14.2. The molecule has 3 rings (SSSR count). The molecule has 5 heteroatoms. The van der Waals surface area contributed by atoms with Gasteiger partial charge >= 0.3 is 5.97 Å². The molecule has 0 amide bonds. The molecule has 1 aliphatic heterocycles. The number of ether oxygens (including phenoxy) is 1. The number of nitrogens with zero attached hydrogens (tertiary/aromatic N) is 3. The van der Waals surface area contributed by atoms with Gasteiger partial charge in [0.05, 0.1) is 6.04 Å². The van der Waals surface area contributed by atoms with Crippen LogP contribution in [0.5, 0.6) is 0 Å². The summed E-state index contributed by atoms with van der Waals surface area (Å²) in [4.78, 5) is 20.4. The molecule has 1 aliphatic rings. The van der Waals surface area contributed by atoms with Crippen LogP contribution in [0.15, 0.2) is 48.7 Å². The number of piperazine rings is 1. The van der Waals surface area contributed by atoms with Crippen molar-refractivity contribution in [3.8, 4) is 0 Å². The number of likely N-dealkylation sites (N-methyl/N-ethyl adjacent to an activating group) is 1. The minimum Gasteiger partial charge on any atom is -0.461 e. The number of pyridine rings is 1. The van der Waals surface area contributed by atoms with Crippen LogP contribution in [-0.4, -0.2) is 42.5 Å². The van der Waals surface area contributed by atoms with E-state index in [4.69, 9.17) is 4.74 Å². The highest BCUT2D eigenvalue weighted by molar-refractivity contribution is 5.66. The van der Waals surface area contributed by atoms with Crippen molar-refractivity contribution in [3.05, 3.63) is 59.8 Å². The molecule has 1 atom stereocenters. The molecular weight excluding hydrogens is 302 g/mol. The van der Waals surface area contributed by atoms with Crippen LogP contribution in [0.4, 0.5) is 5.82 Å². The molecule has 1 aromatic heterocycles. The highest BCUT2D eigenvalue weighted by Gasteiger charge is 2.29. The Morgan fingerprint density at radius 3 is 2.75 bits per heavy atom. The molecule has 0 bridgehead atoms. The highest BCUT2D eigenvalue weighted by atomic mass is 16.5. The number of hydrogen-bond acceptors (Lipinski definition) is 5. The third-order valence-corrected chi connectivity index (χ3v) is 4.34. The van der Waals surface area contributed by atoms with Crippen LogP contribution >= 0.6 is 0 Å². The minimum atomic E-state index is -0.275. The van der Waals surface area contributed by atoms with Crippen molar-refractivity contribution in [1.82, 2.24) is 9.88 Å². The van der Waals surface area contributed by atoms with Gasteiger partial charge in [-0.3, -0.25) is 4.79 Å². The van der Waals surface area contributed by atoms with Gasteiger partial charge in [0.15, 0.2) is 0 Å². The Kier molecular flexibility index (Phi) is 5.11. The summed E-state index contributed by atoms with van der Waals surface area (Å²) in [5.41, 5.74) is 2.21. The van der Waals surface area contributed by atoms with Crippen molar-refractivity contribution < 1.29 is 9.53 Å². The summed E-state index contributed by atoms with van der Waals surface area (Å²) in [5.74, 6) is 0.628. The lowest BCUT2D eigenvalue weighted by Gasteiger charge is -2.41. The van der Waals surface area contributed by atoms with Crippen LogP contribution in [0.3, 0.4) is 0 Å². The van der Waals surface area contributed by atoms with E-state index in [1.165, 1.54) is 12.5 Å². The number of carbonyl (C=O) groups excluding carboxylic acids is 1. The summed E-state index contributed by atoms with van der Waals surface area (Å²) in [6.07, 6.45) is 1.80. The Bertz CT molecular complexity index is 690. The second-order valence-corrected chi connectivity index (χ2v) is 6.15. The zero-order chi connectivity index (χ0) is 16.9. The van der Waals surface area contributed by atoms with Crippen molar-refractivity contribution in [2.45, 2.75) is 19.6 Å². The van der Waals surface area contributed by atoms with E-state index in [-0.39, 0.29) is 18.6 Å². The van der Waals surface area contributed by atoms with Crippen molar-refractivity contribution in [2.24, 2.45) is 0 Å². The highest BCUT2D eigenvalue weighted by Crippen LogP contribution is 2.31. The molecule has 0 saturated carbocycles. The van der Waals surface area contributed by atoms with Crippen molar-refractivity contribution in [2.75, 3.05) is 31.6 Å². The van der Waals surface area contributed by atoms with Crippen LogP contribution in [0.2, 0.25) is 0 Å². The van der Waals surface area contributed by atoms with E-state index < -0.39 is 0 Å². The van der Waals surface area contributed by atoms with E-state index in [9.17, 15) is 4.79 Å². The van der Waals surface area contributed by atoms with Gasteiger partial charge in [-0.25, -0.2) is 4.98 Å². The maximum atomic E-state index is 11.2. The summed E-state index contributed by atoms with van der Waals surface area (Å²) < 4.78 is 5.21. The Balaban J connectivity index is 1.92. The maximum Gasteiger partial charge on any atom is 0.302 e. The number of anilines is 1. The van der Waals surface area contributed by atoms with E-state index in [0.29, 0.717) is 0 Å². The van der Waals surface area contributed by atoms with E-state index in [2.05, 4.69) is 46.1 Å². The van der Waals surface area contributed by atoms with Crippen molar-refractivity contribution >= 4 is 11.8 Å². The Labute approximate surface area is 142 Å².